The number of hydrogen-bond donors (Lipinski definition) is 2. The Kier molecular flexibility index (Phi) is 6.57. The first-order chi connectivity index (χ1) is 15.7. The van der Waals surface area contributed by atoms with Crippen LogP contribution >= 0.6 is 11.6 Å². The summed E-state index contributed by atoms with van der Waals surface area (Å²) >= 11 is 6.37. The fourth-order valence-electron chi connectivity index (χ4n) is 3.53. The summed E-state index contributed by atoms with van der Waals surface area (Å²) in [7, 11) is -2.02. The molecule has 1 fully saturated rings. The van der Waals surface area contributed by atoms with Crippen molar-refractivity contribution in [1.82, 2.24) is 29.4 Å². The summed E-state index contributed by atoms with van der Waals surface area (Å²) < 4.78 is 29.9. The molecule has 0 aromatic carbocycles. The molecule has 3 aromatic rings. The molecule has 0 bridgehead atoms. The van der Waals surface area contributed by atoms with Gasteiger partial charge in [0.05, 0.1) is 16.5 Å². The molecule has 2 N–H and O–H groups in total. The van der Waals surface area contributed by atoms with E-state index in [1.54, 1.807) is 47.9 Å². The smallest absolute Gasteiger partial charge is 0.257 e. The fraction of sp³-hybridized carbons (Fsp3) is 0.318. The lowest BCUT2D eigenvalue weighted by atomic mass is 10.2. The van der Waals surface area contributed by atoms with Crippen molar-refractivity contribution in [2.45, 2.75) is 19.8 Å². The first-order valence-electron chi connectivity index (χ1n) is 10.5. The molecule has 0 radical (unpaired) electrons. The van der Waals surface area contributed by atoms with Gasteiger partial charge in [0.1, 0.15) is 11.5 Å². The van der Waals surface area contributed by atoms with E-state index < -0.39 is 15.9 Å². The Bertz CT molecular complexity index is 1350. The molecule has 9 nitrogen and oxygen atoms in total. The zero-order chi connectivity index (χ0) is 23.6. The number of rotatable bonds is 9. The molecular formula is C22H25ClN6O3S. The van der Waals surface area contributed by atoms with Crippen LogP contribution in [0.5, 0.6) is 0 Å². The molecule has 1 aliphatic rings. The first kappa shape index (κ1) is 23.1. The largest absolute Gasteiger partial charge is 0.391 e. The fourth-order valence-corrected chi connectivity index (χ4v) is 4.58. The average molecular weight is 489 g/mol. The van der Waals surface area contributed by atoms with Gasteiger partial charge in [0.15, 0.2) is 0 Å². The second kappa shape index (κ2) is 9.40. The number of hydrogen-bond acceptors (Lipinski definition) is 6. The topological polar surface area (TPSA) is 111 Å². The van der Waals surface area contributed by atoms with Gasteiger partial charge in [-0.15, -0.1) is 0 Å². The van der Waals surface area contributed by atoms with Crippen LogP contribution < -0.4 is 10.0 Å². The highest BCUT2D eigenvalue weighted by Crippen LogP contribution is 2.29. The van der Waals surface area contributed by atoms with Crippen molar-refractivity contribution in [3.63, 3.8) is 0 Å². The van der Waals surface area contributed by atoms with Gasteiger partial charge in [-0.1, -0.05) is 17.7 Å². The van der Waals surface area contributed by atoms with E-state index in [0.717, 1.165) is 11.9 Å². The van der Waals surface area contributed by atoms with E-state index >= 15 is 0 Å². The number of pyridine rings is 1. The summed E-state index contributed by atoms with van der Waals surface area (Å²) in [6.07, 6.45) is 11.7. The molecule has 4 rings (SSSR count). The standard InChI is InChI=1S/C22H25ClN6O3S/c1-15-17(8-9-20(30)27-33(31,32)12-4-10-24-13-16-6-7-16)22(28(2)26-15)29-14-19(23)18-5-3-11-25-21(18)29/h3-5,8-11,14,16,24H,6-7,12-13H2,1-2H3,(H,27,30)/b9-8+,10-4?. The second-order valence-corrected chi connectivity index (χ2v) is 10.2. The number of aromatic nitrogens is 4. The van der Waals surface area contributed by atoms with Gasteiger partial charge in [0, 0.05) is 43.0 Å². The Balaban J connectivity index is 1.49. The lowest BCUT2D eigenvalue weighted by molar-refractivity contribution is -0.114. The molecule has 0 unspecified atom stereocenters. The molecule has 33 heavy (non-hydrogen) atoms. The summed E-state index contributed by atoms with van der Waals surface area (Å²) in [5, 5.41) is 8.83. The minimum absolute atomic E-state index is 0.291. The van der Waals surface area contributed by atoms with Crippen LogP contribution in [0, 0.1) is 12.8 Å². The zero-order valence-corrected chi connectivity index (χ0v) is 19.9. The molecule has 0 spiro atoms. The quantitative estimate of drug-likeness (QED) is 0.448. The minimum Gasteiger partial charge on any atom is -0.391 e. The monoisotopic (exact) mass is 488 g/mol. The predicted molar refractivity (Wildman–Crippen MR) is 128 cm³/mol. The van der Waals surface area contributed by atoms with E-state index in [1.165, 1.54) is 31.1 Å². The van der Waals surface area contributed by atoms with Gasteiger partial charge in [0.2, 0.25) is 10.0 Å². The molecule has 3 heterocycles. The van der Waals surface area contributed by atoms with Gasteiger partial charge < -0.3 is 5.32 Å². The molecule has 1 saturated carbocycles. The third-order valence-electron chi connectivity index (χ3n) is 5.29. The number of carbonyl (C=O) groups is 1. The van der Waals surface area contributed by atoms with Crippen molar-refractivity contribution >= 4 is 44.6 Å². The van der Waals surface area contributed by atoms with Crippen molar-refractivity contribution in [3.05, 3.63) is 59.2 Å². The van der Waals surface area contributed by atoms with Gasteiger partial charge in [-0.25, -0.2) is 18.1 Å². The Morgan fingerprint density at radius 2 is 2.15 bits per heavy atom. The van der Waals surface area contributed by atoms with Crippen LogP contribution in [-0.4, -0.2) is 46.0 Å². The van der Waals surface area contributed by atoms with Crippen LogP contribution in [0.25, 0.3) is 22.9 Å². The summed E-state index contributed by atoms with van der Waals surface area (Å²) in [6, 6.07) is 3.67. The summed E-state index contributed by atoms with van der Waals surface area (Å²) in [6.45, 7) is 2.65. The molecule has 1 aliphatic carbocycles. The van der Waals surface area contributed by atoms with Crippen molar-refractivity contribution in [2.24, 2.45) is 13.0 Å². The number of aryl methyl sites for hydroxylation is 2. The maximum absolute atomic E-state index is 12.3. The number of halogens is 1. The highest BCUT2D eigenvalue weighted by Gasteiger charge is 2.20. The second-order valence-electron chi connectivity index (χ2n) is 8.00. The lowest BCUT2D eigenvalue weighted by Gasteiger charge is -2.07. The van der Waals surface area contributed by atoms with Gasteiger partial charge in [-0.3, -0.25) is 14.0 Å². The third kappa shape index (κ3) is 5.45. The Morgan fingerprint density at radius 3 is 2.91 bits per heavy atom. The van der Waals surface area contributed by atoms with E-state index in [2.05, 4.69) is 20.1 Å². The molecular weight excluding hydrogens is 464 g/mol. The van der Waals surface area contributed by atoms with Crippen LogP contribution in [0.3, 0.4) is 0 Å². The molecule has 3 aromatic heterocycles. The average Bonchev–Trinajstić information content (AvgIpc) is 3.46. The van der Waals surface area contributed by atoms with Crippen LogP contribution in [0.2, 0.25) is 5.02 Å². The molecule has 0 atom stereocenters. The molecule has 11 heteroatoms. The Hall–Kier alpha value is -3.11. The van der Waals surface area contributed by atoms with E-state index in [0.29, 0.717) is 33.7 Å². The molecule has 174 valence electrons. The van der Waals surface area contributed by atoms with Crippen LogP contribution in [-0.2, 0) is 21.9 Å². The number of fused-ring (bicyclic) bond motifs is 1. The summed E-state index contributed by atoms with van der Waals surface area (Å²) in [5.41, 5.74) is 1.96. The number of sulfonamides is 1. The van der Waals surface area contributed by atoms with E-state index in [4.69, 9.17) is 11.6 Å². The van der Waals surface area contributed by atoms with Crippen LogP contribution in [0.1, 0.15) is 24.1 Å². The molecule has 1 amide bonds. The molecule has 0 saturated heterocycles. The lowest BCUT2D eigenvalue weighted by Crippen LogP contribution is -2.30. The van der Waals surface area contributed by atoms with Crippen molar-refractivity contribution in [2.75, 3.05) is 12.3 Å². The third-order valence-corrected chi connectivity index (χ3v) is 6.74. The van der Waals surface area contributed by atoms with Gasteiger partial charge in [-0.2, -0.15) is 5.10 Å². The minimum atomic E-state index is -3.79. The van der Waals surface area contributed by atoms with Crippen molar-refractivity contribution in [3.8, 4) is 5.82 Å². The van der Waals surface area contributed by atoms with Gasteiger partial charge in [-0.05, 0) is 50.1 Å². The number of carbonyl (C=O) groups excluding carboxylic acids is 1. The van der Waals surface area contributed by atoms with E-state index in [9.17, 15) is 13.2 Å². The van der Waals surface area contributed by atoms with Crippen LogP contribution in [0.15, 0.2) is 42.9 Å². The van der Waals surface area contributed by atoms with Gasteiger partial charge in [0.25, 0.3) is 5.91 Å². The van der Waals surface area contributed by atoms with E-state index in [-0.39, 0.29) is 5.75 Å². The van der Waals surface area contributed by atoms with Crippen molar-refractivity contribution in [1.29, 1.82) is 0 Å². The van der Waals surface area contributed by atoms with Crippen molar-refractivity contribution < 1.29 is 13.2 Å². The highest BCUT2D eigenvalue weighted by molar-refractivity contribution is 7.90. The first-order valence-corrected chi connectivity index (χ1v) is 12.5. The normalized spacial score (nSPS) is 14.5. The maximum atomic E-state index is 12.3. The summed E-state index contributed by atoms with van der Waals surface area (Å²) in [4.78, 5) is 16.7. The number of nitrogens with one attached hydrogen (secondary N) is 2. The predicted octanol–water partition coefficient (Wildman–Crippen LogP) is 2.69. The summed E-state index contributed by atoms with van der Waals surface area (Å²) in [5.74, 6) is 0.311. The number of amides is 1. The van der Waals surface area contributed by atoms with Crippen LogP contribution in [0.4, 0.5) is 0 Å². The Morgan fingerprint density at radius 1 is 1.36 bits per heavy atom. The SMILES string of the molecule is Cc1nn(C)c(-n2cc(Cl)c3cccnc32)c1/C=C/C(=O)NS(=O)(=O)CC=CNCC1CC1. The zero-order valence-electron chi connectivity index (χ0n) is 18.3. The van der Waals surface area contributed by atoms with Gasteiger partial charge >= 0.3 is 0 Å². The van der Waals surface area contributed by atoms with E-state index in [1.807, 2.05) is 6.07 Å². The number of nitrogens with zero attached hydrogens (tertiary/aromatic N) is 4. The maximum Gasteiger partial charge on any atom is 0.257 e. The highest BCUT2D eigenvalue weighted by atomic mass is 35.5. The Labute approximate surface area is 197 Å². The molecule has 0 aliphatic heterocycles.